The van der Waals surface area contributed by atoms with E-state index < -0.39 is 5.82 Å². The molecule has 68 valence electrons. The highest BCUT2D eigenvalue weighted by Crippen LogP contribution is 2.27. The van der Waals surface area contributed by atoms with Crippen molar-refractivity contribution in [1.29, 1.82) is 5.26 Å². The lowest BCUT2D eigenvalue weighted by Crippen LogP contribution is -2.16. The van der Waals surface area contributed by atoms with Crippen molar-refractivity contribution < 1.29 is 4.39 Å². The van der Waals surface area contributed by atoms with Gasteiger partial charge in [0.15, 0.2) is 0 Å². The van der Waals surface area contributed by atoms with Crippen LogP contribution in [0.5, 0.6) is 0 Å². The van der Waals surface area contributed by atoms with Crippen LogP contribution in [-0.4, -0.2) is 4.98 Å². The smallest absolute Gasteiger partial charge is 0.146 e. The monoisotopic (exact) mass is 178 g/mol. The van der Waals surface area contributed by atoms with Gasteiger partial charge in [-0.25, -0.2) is 4.39 Å². The summed E-state index contributed by atoms with van der Waals surface area (Å²) >= 11 is 0. The Bertz CT molecular complexity index is 358. The van der Waals surface area contributed by atoms with Crippen molar-refractivity contribution in [1.82, 2.24) is 4.98 Å². The Kier molecular flexibility index (Phi) is 2.33. The number of aromatic nitrogens is 1. The highest BCUT2D eigenvalue weighted by molar-refractivity contribution is 5.39. The van der Waals surface area contributed by atoms with Gasteiger partial charge >= 0.3 is 0 Å². The van der Waals surface area contributed by atoms with Crippen LogP contribution >= 0.6 is 0 Å². The maximum atomic E-state index is 13.3. The fourth-order valence-corrected chi connectivity index (χ4v) is 1.28. The Morgan fingerprint density at radius 1 is 1.38 bits per heavy atom. The van der Waals surface area contributed by atoms with Gasteiger partial charge in [0.1, 0.15) is 11.9 Å². The minimum absolute atomic E-state index is 0.313. The summed E-state index contributed by atoms with van der Waals surface area (Å²) in [7, 11) is 0. The van der Waals surface area contributed by atoms with Crippen LogP contribution in [0, 0.1) is 17.1 Å². The average Bonchev–Trinajstić information content (AvgIpc) is 2.01. The maximum Gasteiger partial charge on any atom is 0.146 e. The van der Waals surface area contributed by atoms with E-state index in [9.17, 15) is 4.39 Å². The van der Waals surface area contributed by atoms with Gasteiger partial charge in [0.05, 0.1) is 11.8 Å². The summed E-state index contributed by atoms with van der Waals surface area (Å²) < 4.78 is 13.3. The molecule has 0 aliphatic heterocycles. The minimum atomic E-state index is -0.411. The van der Waals surface area contributed by atoms with E-state index in [-0.39, 0.29) is 5.41 Å². The Hall–Kier alpha value is -1.43. The summed E-state index contributed by atoms with van der Waals surface area (Å²) in [4.78, 5) is 3.63. The van der Waals surface area contributed by atoms with Gasteiger partial charge in [-0.1, -0.05) is 20.8 Å². The van der Waals surface area contributed by atoms with Crippen LogP contribution in [0.2, 0.25) is 0 Å². The molecule has 0 unspecified atom stereocenters. The molecule has 0 N–H and O–H groups in total. The maximum absolute atomic E-state index is 13.3. The molecule has 0 amide bonds. The highest BCUT2D eigenvalue weighted by atomic mass is 19.1. The second-order valence-electron chi connectivity index (χ2n) is 3.91. The third-order valence-corrected chi connectivity index (χ3v) is 1.77. The number of hydrogen-bond donors (Lipinski definition) is 0. The fourth-order valence-electron chi connectivity index (χ4n) is 1.28. The number of halogens is 1. The van der Waals surface area contributed by atoms with Crippen LogP contribution in [-0.2, 0) is 5.41 Å². The SMILES string of the molecule is CC(C)(C)c1c(F)cncc1C#N. The summed E-state index contributed by atoms with van der Waals surface area (Å²) in [5, 5.41) is 8.75. The molecule has 1 aromatic rings. The molecule has 0 aliphatic rings. The van der Waals surface area contributed by atoms with Crippen molar-refractivity contribution in [3.8, 4) is 6.07 Å². The van der Waals surface area contributed by atoms with E-state index in [0.717, 1.165) is 6.20 Å². The first kappa shape index (κ1) is 9.66. The van der Waals surface area contributed by atoms with Crippen molar-refractivity contribution >= 4 is 0 Å². The Morgan fingerprint density at radius 3 is 2.38 bits per heavy atom. The molecule has 0 saturated carbocycles. The zero-order valence-electron chi connectivity index (χ0n) is 7.93. The van der Waals surface area contributed by atoms with E-state index >= 15 is 0 Å². The van der Waals surface area contributed by atoms with Crippen molar-refractivity contribution in [3.05, 3.63) is 29.3 Å². The van der Waals surface area contributed by atoms with Crippen LogP contribution < -0.4 is 0 Å². The molecule has 1 heterocycles. The van der Waals surface area contributed by atoms with Gasteiger partial charge in [-0.15, -0.1) is 0 Å². The van der Waals surface area contributed by atoms with Crippen LogP contribution in [0.4, 0.5) is 4.39 Å². The lowest BCUT2D eigenvalue weighted by atomic mass is 9.84. The van der Waals surface area contributed by atoms with Crippen molar-refractivity contribution in [2.45, 2.75) is 26.2 Å². The molecule has 0 aliphatic carbocycles. The highest BCUT2D eigenvalue weighted by Gasteiger charge is 2.22. The first-order valence-corrected chi connectivity index (χ1v) is 4.01. The van der Waals surface area contributed by atoms with E-state index in [0.29, 0.717) is 11.1 Å². The Balaban J connectivity index is 3.43. The van der Waals surface area contributed by atoms with E-state index in [2.05, 4.69) is 4.98 Å². The molecular formula is C10H11FN2. The topological polar surface area (TPSA) is 36.7 Å². The minimum Gasteiger partial charge on any atom is -0.260 e. The molecule has 0 radical (unpaired) electrons. The number of nitrogens with zero attached hydrogens (tertiary/aromatic N) is 2. The van der Waals surface area contributed by atoms with E-state index in [1.807, 2.05) is 26.8 Å². The fraction of sp³-hybridized carbons (Fsp3) is 0.400. The zero-order chi connectivity index (χ0) is 10.1. The van der Waals surface area contributed by atoms with Gasteiger partial charge in [-0.2, -0.15) is 5.26 Å². The number of pyridine rings is 1. The lowest BCUT2D eigenvalue weighted by molar-refractivity contribution is 0.517. The zero-order valence-corrected chi connectivity index (χ0v) is 7.93. The number of rotatable bonds is 0. The molecular weight excluding hydrogens is 167 g/mol. The van der Waals surface area contributed by atoms with Crippen LogP contribution in [0.1, 0.15) is 31.9 Å². The van der Waals surface area contributed by atoms with Gasteiger partial charge in [-0.05, 0) is 5.41 Å². The second kappa shape index (κ2) is 3.14. The molecule has 0 fully saturated rings. The molecule has 0 atom stereocenters. The van der Waals surface area contributed by atoms with Gasteiger partial charge in [0, 0.05) is 11.8 Å². The Morgan fingerprint density at radius 2 is 2.00 bits per heavy atom. The molecule has 1 rings (SSSR count). The van der Waals surface area contributed by atoms with Gasteiger partial charge in [-0.3, -0.25) is 4.98 Å². The van der Waals surface area contributed by atoms with Gasteiger partial charge in [0.25, 0.3) is 0 Å². The third-order valence-electron chi connectivity index (χ3n) is 1.77. The van der Waals surface area contributed by atoms with Gasteiger partial charge < -0.3 is 0 Å². The predicted molar refractivity (Wildman–Crippen MR) is 47.6 cm³/mol. The molecule has 3 heteroatoms. The third kappa shape index (κ3) is 1.83. The van der Waals surface area contributed by atoms with E-state index in [4.69, 9.17) is 5.26 Å². The lowest BCUT2D eigenvalue weighted by Gasteiger charge is -2.20. The largest absolute Gasteiger partial charge is 0.260 e. The summed E-state index contributed by atoms with van der Waals surface area (Å²) in [5.41, 5.74) is 0.385. The molecule has 0 spiro atoms. The van der Waals surface area contributed by atoms with E-state index in [1.54, 1.807) is 0 Å². The Labute approximate surface area is 77.0 Å². The molecule has 0 bridgehead atoms. The molecule has 1 aromatic heterocycles. The molecule has 0 saturated heterocycles. The van der Waals surface area contributed by atoms with Crippen molar-refractivity contribution in [2.75, 3.05) is 0 Å². The van der Waals surface area contributed by atoms with Crippen LogP contribution in [0.25, 0.3) is 0 Å². The molecule has 0 aromatic carbocycles. The summed E-state index contributed by atoms with van der Waals surface area (Å²) in [6.07, 6.45) is 2.53. The van der Waals surface area contributed by atoms with Gasteiger partial charge in [0.2, 0.25) is 0 Å². The van der Waals surface area contributed by atoms with Crippen LogP contribution in [0.3, 0.4) is 0 Å². The summed E-state index contributed by atoms with van der Waals surface area (Å²) in [6.45, 7) is 5.60. The first-order chi connectivity index (χ1) is 5.96. The average molecular weight is 178 g/mol. The van der Waals surface area contributed by atoms with Crippen LogP contribution in [0.15, 0.2) is 12.4 Å². The molecule has 2 nitrogen and oxygen atoms in total. The normalized spacial score (nSPS) is 11.0. The second-order valence-corrected chi connectivity index (χ2v) is 3.91. The van der Waals surface area contributed by atoms with Crippen molar-refractivity contribution in [3.63, 3.8) is 0 Å². The summed E-state index contributed by atoms with van der Waals surface area (Å²) in [5.74, 6) is -0.411. The first-order valence-electron chi connectivity index (χ1n) is 4.01. The number of hydrogen-bond acceptors (Lipinski definition) is 2. The molecule has 13 heavy (non-hydrogen) atoms. The summed E-state index contributed by atoms with van der Waals surface area (Å²) in [6, 6.07) is 1.94. The number of nitriles is 1. The standard InChI is InChI=1S/C10H11FN2/c1-10(2,3)9-7(4-12)5-13-6-8(9)11/h5-6H,1-3H3. The quantitative estimate of drug-likeness (QED) is 0.611. The van der Waals surface area contributed by atoms with Crippen molar-refractivity contribution in [2.24, 2.45) is 0 Å². The predicted octanol–water partition coefficient (Wildman–Crippen LogP) is 2.39. The van der Waals surface area contributed by atoms with E-state index in [1.165, 1.54) is 6.20 Å².